The number of hydrogen-bond donors (Lipinski definition) is 2. The molecule has 47 heavy (non-hydrogen) atoms. The number of aliphatic carboxylic acids is 2. The topological polar surface area (TPSA) is 125 Å². The fourth-order valence-corrected chi connectivity index (χ4v) is 4.96. The van der Waals surface area contributed by atoms with E-state index in [0.29, 0.717) is 11.1 Å². The summed E-state index contributed by atoms with van der Waals surface area (Å²) in [6.07, 6.45) is 4.77. The molecule has 0 saturated heterocycles. The highest BCUT2D eigenvalue weighted by molar-refractivity contribution is 5.97. The lowest BCUT2D eigenvalue weighted by Gasteiger charge is -2.26. The molecule has 5 rings (SSSR count). The van der Waals surface area contributed by atoms with Gasteiger partial charge in [-0.2, -0.15) is 10.5 Å². The van der Waals surface area contributed by atoms with E-state index in [1.165, 1.54) is 12.2 Å². The average molecular weight is 614 g/mol. The summed E-state index contributed by atoms with van der Waals surface area (Å²) in [7, 11) is 0. The Kier molecular flexibility index (Phi) is 9.83. The number of anilines is 3. The van der Waals surface area contributed by atoms with Crippen LogP contribution in [0.4, 0.5) is 17.1 Å². The van der Waals surface area contributed by atoms with Crippen LogP contribution in [0.15, 0.2) is 145 Å². The molecular formula is C40H27N3O4. The van der Waals surface area contributed by atoms with Gasteiger partial charge in [-0.3, -0.25) is 0 Å². The van der Waals surface area contributed by atoms with Crippen molar-refractivity contribution in [2.45, 2.75) is 0 Å². The molecule has 0 fully saturated rings. The van der Waals surface area contributed by atoms with E-state index < -0.39 is 11.9 Å². The molecule has 0 heterocycles. The molecule has 7 nitrogen and oxygen atoms in total. The summed E-state index contributed by atoms with van der Waals surface area (Å²) in [5.74, 6) is -2.60. The number of nitrogens with zero attached hydrogens (tertiary/aromatic N) is 3. The number of benzene rings is 5. The van der Waals surface area contributed by atoms with E-state index in [4.69, 9.17) is 10.5 Å². The third-order valence-electron chi connectivity index (χ3n) is 7.26. The first-order chi connectivity index (χ1) is 22.9. The second-order valence-electron chi connectivity index (χ2n) is 10.4. The number of nitriles is 2. The molecule has 0 spiro atoms. The molecule has 0 aliphatic heterocycles. The molecule has 5 aromatic rings. The van der Waals surface area contributed by atoms with Crippen molar-refractivity contribution in [3.63, 3.8) is 0 Å². The summed E-state index contributed by atoms with van der Waals surface area (Å²) in [5.41, 5.74) is 7.00. The van der Waals surface area contributed by atoms with Gasteiger partial charge in [0.1, 0.15) is 23.3 Å². The maximum Gasteiger partial charge on any atom is 0.346 e. The van der Waals surface area contributed by atoms with E-state index in [1.54, 1.807) is 36.4 Å². The molecule has 0 amide bonds. The molecule has 5 aromatic carbocycles. The zero-order chi connectivity index (χ0) is 33.2. The van der Waals surface area contributed by atoms with Gasteiger partial charge in [-0.15, -0.1) is 0 Å². The number of rotatable bonds is 10. The highest BCUT2D eigenvalue weighted by Gasteiger charge is 2.14. The lowest BCUT2D eigenvalue weighted by Crippen LogP contribution is -2.10. The van der Waals surface area contributed by atoms with Crippen LogP contribution in [0.2, 0.25) is 0 Å². The van der Waals surface area contributed by atoms with Gasteiger partial charge in [0.15, 0.2) is 0 Å². The first-order valence-corrected chi connectivity index (χ1v) is 14.5. The first kappa shape index (κ1) is 31.5. The van der Waals surface area contributed by atoms with Crippen molar-refractivity contribution in [2.24, 2.45) is 0 Å². The largest absolute Gasteiger partial charge is 0.477 e. The van der Waals surface area contributed by atoms with Gasteiger partial charge in [0.05, 0.1) is 0 Å². The van der Waals surface area contributed by atoms with Crippen LogP contribution in [0.25, 0.3) is 23.8 Å². The molecule has 0 atom stereocenters. The number of carboxylic acid groups (broad SMARTS) is 2. The molecule has 226 valence electrons. The van der Waals surface area contributed by atoms with Crippen molar-refractivity contribution in [1.29, 1.82) is 10.5 Å². The van der Waals surface area contributed by atoms with Crippen molar-refractivity contribution in [3.05, 3.63) is 172 Å². The SMILES string of the molecule is N#CC(=Cc1ccc(N(c2ccc(C=C(C#N)C(=O)O)cc2)c2ccc(C=C(c3ccccc3)c3ccccc3)cc2)cc1)C(=O)O. The van der Waals surface area contributed by atoms with Gasteiger partial charge < -0.3 is 15.1 Å². The van der Waals surface area contributed by atoms with Crippen LogP contribution in [0.5, 0.6) is 0 Å². The summed E-state index contributed by atoms with van der Waals surface area (Å²) in [4.78, 5) is 24.7. The molecule has 0 radical (unpaired) electrons. The van der Waals surface area contributed by atoms with Gasteiger partial charge in [0.2, 0.25) is 0 Å². The lowest BCUT2D eigenvalue weighted by molar-refractivity contribution is -0.133. The molecule has 0 bridgehead atoms. The Morgan fingerprint density at radius 3 is 1.11 bits per heavy atom. The Balaban J connectivity index is 1.55. The summed E-state index contributed by atoms with van der Waals surface area (Å²) >= 11 is 0. The van der Waals surface area contributed by atoms with Gasteiger partial charge in [-0.25, -0.2) is 9.59 Å². The first-order valence-electron chi connectivity index (χ1n) is 14.5. The third kappa shape index (κ3) is 7.77. The van der Waals surface area contributed by atoms with Crippen molar-refractivity contribution in [3.8, 4) is 12.1 Å². The average Bonchev–Trinajstić information content (AvgIpc) is 3.11. The van der Waals surface area contributed by atoms with E-state index in [2.05, 4.69) is 30.3 Å². The molecule has 0 aliphatic carbocycles. The molecule has 7 heteroatoms. The molecule has 0 aliphatic rings. The van der Waals surface area contributed by atoms with Crippen LogP contribution in [-0.4, -0.2) is 22.2 Å². The summed E-state index contributed by atoms with van der Waals surface area (Å²) < 4.78 is 0. The van der Waals surface area contributed by atoms with Gasteiger partial charge in [0.25, 0.3) is 0 Å². The van der Waals surface area contributed by atoms with Gasteiger partial charge in [-0.1, -0.05) is 97.1 Å². The monoisotopic (exact) mass is 613 g/mol. The molecular weight excluding hydrogens is 586 g/mol. The van der Waals surface area contributed by atoms with E-state index in [9.17, 15) is 19.8 Å². The van der Waals surface area contributed by atoms with Crippen LogP contribution in [0, 0.1) is 22.7 Å². The van der Waals surface area contributed by atoms with Crippen molar-refractivity contribution < 1.29 is 19.8 Å². The molecule has 2 N–H and O–H groups in total. The van der Waals surface area contributed by atoms with Crippen LogP contribution in [0.1, 0.15) is 27.8 Å². The van der Waals surface area contributed by atoms with E-state index >= 15 is 0 Å². The number of hydrogen-bond acceptors (Lipinski definition) is 5. The Bertz CT molecular complexity index is 1940. The van der Waals surface area contributed by atoms with Crippen molar-refractivity contribution >= 4 is 52.8 Å². The van der Waals surface area contributed by atoms with E-state index in [0.717, 1.165) is 39.3 Å². The third-order valence-corrected chi connectivity index (χ3v) is 7.26. The molecule has 0 saturated carbocycles. The fourth-order valence-electron chi connectivity index (χ4n) is 4.96. The Morgan fingerprint density at radius 1 is 0.489 bits per heavy atom. The summed E-state index contributed by atoms with van der Waals surface area (Å²) in [6.45, 7) is 0. The minimum absolute atomic E-state index is 0.370. The minimum Gasteiger partial charge on any atom is -0.477 e. The molecule has 0 aromatic heterocycles. The van der Waals surface area contributed by atoms with Crippen LogP contribution in [0.3, 0.4) is 0 Å². The van der Waals surface area contributed by atoms with Gasteiger partial charge in [-0.05, 0) is 88.0 Å². The standard InChI is InChI=1S/C40H27N3O4/c41-26-33(39(44)45)23-28-11-17-35(18-12-28)43(36-19-13-29(14-20-36)24-34(27-42)40(46)47)37-21-15-30(16-22-37)25-38(31-7-3-1-4-8-31)32-9-5-2-6-10-32/h1-25H,(H,44,45)(H,46,47). The van der Waals surface area contributed by atoms with Gasteiger partial charge >= 0.3 is 11.9 Å². The smallest absolute Gasteiger partial charge is 0.346 e. The second-order valence-corrected chi connectivity index (χ2v) is 10.4. The lowest BCUT2D eigenvalue weighted by atomic mass is 9.95. The maximum absolute atomic E-state index is 11.3. The normalized spacial score (nSPS) is 11.1. The highest BCUT2D eigenvalue weighted by atomic mass is 16.4. The molecule has 0 unspecified atom stereocenters. The van der Waals surface area contributed by atoms with E-state index in [-0.39, 0.29) is 11.1 Å². The second kappa shape index (κ2) is 14.7. The zero-order valence-electron chi connectivity index (χ0n) is 25.0. The Hall–Kier alpha value is -6.96. The minimum atomic E-state index is -1.30. The quantitative estimate of drug-likeness (QED) is 0.0916. The maximum atomic E-state index is 11.3. The van der Waals surface area contributed by atoms with Gasteiger partial charge in [0, 0.05) is 17.1 Å². The van der Waals surface area contributed by atoms with Crippen LogP contribution < -0.4 is 4.90 Å². The van der Waals surface area contributed by atoms with Crippen molar-refractivity contribution in [2.75, 3.05) is 4.90 Å². The summed E-state index contributed by atoms with van der Waals surface area (Å²) in [5, 5.41) is 36.8. The van der Waals surface area contributed by atoms with E-state index in [1.807, 2.05) is 89.8 Å². The fraction of sp³-hybridized carbons (Fsp3) is 0. The predicted molar refractivity (Wildman–Crippen MR) is 183 cm³/mol. The number of carboxylic acids is 2. The highest BCUT2D eigenvalue weighted by Crippen LogP contribution is 2.36. The Labute approximate surface area is 272 Å². The van der Waals surface area contributed by atoms with Crippen LogP contribution in [-0.2, 0) is 9.59 Å². The predicted octanol–water partition coefficient (Wildman–Crippen LogP) is 8.73. The van der Waals surface area contributed by atoms with Crippen LogP contribution >= 0.6 is 0 Å². The Morgan fingerprint density at radius 2 is 0.809 bits per heavy atom. The van der Waals surface area contributed by atoms with Crippen molar-refractivity contribution in [1.82, 2.24) is 0 Å². The zero-order valence-corrected chi connectivity index (χ0v) is 25.0. The summed E-state index contributed by atoms with van der Waals surface area (Å²) in [6, 6.07) is 46.0. The number of carbonyl (C=O) groups is 2.